The summed E-state index contributed by atoms with van der Waals surface area (Å²) in [5.74, 6) is -1.07. The van der Waals surface area contributed by atoms with Crippen LogP contribution in [0.25, 0.3) is 0 Å². The van der Waals surface area contributed by atoms with Crippen LogP contribution in [0.5, 0.6) is 0 Å². The molecule has 4 aliphatic heterocycles. The number of sulfone groups is 1. The van der Waals surface area contributed by atoms with Crippen LogP contribution in [-0.2, 0) is 24.8 Å². The van der Waals surface area contributed by atoms with Crippen molar-refractivity contribution < 1.29 is 35.9 Å². The highest BCUT2D eigenvalue weighted by Crippen LogP contribution is 2.52. The van der Waals surface area contributed by atoms with Crippen LogP contribution >= 0.6 is 0 Å². The van der Waals surface area contributed by atoms with Crippen LogP contribution in [0, 0.1) is 23.5 Å². The molecule has 0 spiro atoms. The summed E-state index contributed by atoms with van der Waals surface area (Å²) < 4.78 is 79.1. The summed E-state index contributed by atoms with van der Waals surface area (Å²) in [7, 11) is -2.55. The molecule has 10 nitrogen and oxygen atoms in total. The maximum absolute atomic E-state index is 16.3. The molecule has 2 aromatic carbocycles. The Morgan fingerprint density at radius 3 is 2.38 bits per heavy atom. The molecular weight excluding hydrogens is 744 g/mol. The Balaban J connectivity index is 1.02. The highest BCUT2D eigenvalue weighted by atomic mass is 32.2. The first-order chi connectivity index (χ1) is 26.8. The molecule has 4 saturated heterocycles. The molecule has 56 heavy (non-hydrogen) atoms. The second-order valence-electron chi connectivity index (χ2n) is 16.8. The van der Waals surface area contributed by atoms with Crippen LogP contribution < -0.4 is 10.2 Å². The number of anilines is 1. The summed E-state index contributed by atoms with van der Waals surface area (Å²) >= 11 is 0. The number of halogens is 3. The number of hydrogen-bond donors (Lipinski definition) is 1. The van der Waals surface area contributed by atoms with Crippen LogP contribution in [0.3, 0.4) is 0 Å². The van der Waals surface area contributed by atoms with Crippen molar-refractivity contribution in [2.75, 3.05) is 77.5 Å². The molecule has 1 aliphatic carbocycles. The van der Waals surface area contributed by atoms with E-state index in [2.05, 4.69) is 21.7 Å². The Hall–Kier alpha value is -3.62. The largest absolute Gasteiger partial charge is 0.453 e. The second kappa shape index (κ2) is 16.7. The minimum atomic E-state index is -3.92. The predicted octanol–water partition coefficient (Wildman–Crippen LogP) is 5.71. The summed E-state index contributed by atoms with van der Waals surface area (Å²) in [6.07, 6.45) is 7.79. The van der Waals surface area contributed by atoms with Gasteiger partial charge in [0.25, 0.3) is 0 Å². The topological polar surface area (TPSA) is 103 Å². The van der Waals surface area contributed by atoms with Gasteiger partial charge in [-0.05, 0) is 125 Å². The van der Waals surface area contributed by atoms with Crippen molar-refractivity contribution in [1.82, 2.24) is 20.0 Å². The number of likely N-dealkylation sites (tertiary alicyclic amines) is 3. The van der Waals surface area contributed by atoms with Crippen molar-refractivity contribution >= 4 is 27.5 Å². The Labute approximate surface area is 329 Å². The average Bonchev–Trinajstić information content (AvgIpc) is 3.46. The number of ether oxygens (including phenoxy) is 1. The van der Waals surface area contributed by atoms with Gasteiger partial charge >= 0.3 is 6.09 Å². The molecule has 0 aromatic heterocycles. The highest BCUT2D eigenvalue weighted by molar-refractivity contribution is 7.92. The number of amides is 2. The van der Waals surface area contributed by atoms with E-state index >= 15 is 13.2 Å². The summed E-state index contributed by atoms with van der Waals surface area (Å²) in [6.45, 7) is 8.23. The van der Waals surface area contributed by atoms with Crippen molar-refractivity contribution in [3.63, 3.8) is 0 Å². The number of alkyl halides is 1. The number of benzene rings is 2. The number of alkyl carbamates (subject to hydrolysis) is 1. The highest BCUT2D eigenvalue weighted by Gasteiger charge is 2.54. The van der Waals surface area contributed by atoms with Crippen LogP contribution in [0.1, 0.15) is 63.4 Å². The molecule has 1 saturated carbocycles. The first-order valence-electron chi connectivity index (χ1n) is 20.3. The molecule has 7 rings (SSSR count). The van der Waals surface area contributed by atoms with Crippen LogP contribution in [0.15, 0.2) is 60.0 Å². The molecular formula is C42H56F3N5O5S. The number of piperidine rings is 1. The monoisotopic (exact) mass is 799 g/mol. The number of carbonyl (C=O) groups is 2. The molecule has 1 N–H and O–H groups in total. The summed E-state index contributed by atoms with van der Waals surface area (Å²) in [5.41, 5.74) is -0.863. The predicted molar refractivity (Wildman–Crippen MR) is 209 cm³/mol. The Morgan fingerprint density at radius 1 is 0.946 bits per heavy atom. The number of nitrogens with one attached hydrogen (secondary N) is 1. The quantitative estimate of drug-likeness (QED) is 0.273. The third kappa shape index (κ3) is 8.20. The van der Waals surface area contributed by atoms with Gasteiger partial charge in [-0.3, -0.25) is 9.69 Å². The summed E-state index contributed by atoms with van der Waals surface area (Å²) in [6, 6.07) is 10.7. The van der Waals surface area contributed by atoms with Gasteiger partial charge in [0.15, 0.2) is 15.5 Å². The van der Waals surface area contributed by atoms with Crippen molar-refractivity contribution in [2.45, 2.75) is 85.1 Å². The Bertz CT molecular complexity index is 1870. The number of nitrogens with zero attached hydrogens (tertiary/aromatic N) is 4. The molecule has 0 radical (unpaired) electrons. The molecule has 5 fully saturated rings. The summed E-state index contributed by atoms with van der Waals surface area (Å²) in [5, 5.41) is 2.27. The molecule has 0 unspecified atom stereocenters. The summed E-state index contributed by atoms with van der Waals surface area (Å²) in [4.78, 5) is 32.3. The van der Waals surface area contributed by atoms with Gasteiger partial charge in [-0.15, -0.1) is 0 Å². The van der Waals surface area contributed by atoms with E-state index in [4.69, 9.17) is 4.74 Å². The van der Waals surface area contributed by atoms with Gasteiger partial charge in [0.2, 0.25) is 5.91 Å². The van der Waals surface area contributed by atoms with Gasteiger partial charge in [0, 0.05) is 37.6 Å². The minimum Gasteiger partial charge on any atom is -0.453 e. The molecule has 5 aliphatic rings. The number of methoxy groups -OCH3 is 1. The van der Waals surface area contributed by atoms with Gasteiger partial charge in [-0.1, -0.05) is 31.6 Å². The standard InChI is InChI=1S/C42H56F3N5O5S/c1-3-39(51)49-20-5-4-11-34(25-49)56(53,54)33-14-15-38(36(44)24-33)50-27-41(45,28-50)26-48-21-16-30(17-22-48)42(29-47-18-8-19-47,31-9-6-10-32(43)23-31)35-12-7-13-37(35)46-40(52)55-2/h3,6,9-10,14-15,23-24,30,34-35,37H,1,4-5,7-8,11-13,16-22,25-29H2,2H3,(H,46,52)/t34-,35+,37+,42+/m1/s1. The lowest BCUT2D eigenvalue weighted by atomic mass is 9.57. The maximum atomic E-state index is 16.3. The normalized spacial score (nSPS) is 26.0. The van der Waals surface area contributed by atoms with E-state index in [9.17, 15) is 18.0 Å². The van der Waals surface area contributed by atoms with E-state index in [0.717, 1.165) is 69.8 Å². The van der Waals surface area contributed by atoms with E-state index in [-0.39, 0.29) is 66.4 Å². The van der Waals surface area contributed by atoms with Crippen molar-refractivity contribution in [2.24, 2.45) is 11.8 Å². The number of rotatable bonds is 12. The Kier molecular flexibility index (Phi) is 12.1. The number of carbonyl (C=O) groups excluding carboxylic acids is 2. The van der Waals surface area contributed by atoms with Gasteiger partial charge < -0.3 is 24.8 Å². The van der Waals surface area contributed by atoms with Gasteiger partial charge in [0.1, 0.15) is 11.6 Å². The smallest absolute Gasteiger partial charge is 0.407 e. The molecule has 2 amide bonds. The van der Waals surface area contributed by atoms with Crippen molar-refractivity contribution in [3.8, 4) is 0 Å². The van der Waals surface area contributed by atoms with Gasteiger partial charge in [0.05, 0.1) is 36.0 Å². The molecule has 4 atom stereocenters. The van der Waals surface area contributed by atoms with E-state index in [1.807, 2.05) is 6.07 Å². The van der Waals surface area contributed by atoms with Crippen molar-refractivity contribution in [1.29, 1.82) is 0 Å². The zero-order chi connectivity index (χ0) is 39.7. The third-order valence-electron chi connectivity index (χ3n) is 13.4. The van der Waals surface area contributed by atoms with Crippen molar-refractivity contribution in [3.05, 3.63) is 72.3 Å². The zero-order valence-corrected chi connectivity index (χ0v) is 33.3. The lowest BCUT2D eigenvalue weighted by Crippen LogP contribution is -2.65. The molecule has 2 aromatic rings. The van der Waals surface area contributed by atoms with Gasteiger partial charge in [-0.2, -0.15) is 0 Å². The first kappa shape index (κ1) is 40.6. The van der Waals surface area contributed by atoms with Crippen LogP contribution in [0.4, 0.5) is 23.7 Å². The maximum Gasteiger partial charge on any atom is 0.407 e. The first-order valence-corrected chi connectivity index (χ1v) is 21.8. The van der Waals surface area contributed by atoms with Crippen LogP contribution in [0.2, 0.25) is 0 Å². The van der Waals surface area contributed by atoms with Gasteiger partial charge in [-0.25, -0.2) is 26.4 Å². The fourth-order valence-electron chi connectivity index (χ4n) is 10.5. The molecule has 14 heteroatoms. The van der Waals surface area contributed by atoms with E-state index in [1.165, 1.54) is 36.3 Å². The second-order valence-corrected chi connectivity index (χ2v) is 19.0. The SMILES string of the molecule is C=CC(=O)N1CCCC[C@@H](S(=O)(=O)c2ccc(N3CC(F)(CN4CCC([C@@](CN5CCC5)(c5cccc(F)c5)[C@H]5CCC[C@@H]5NC(=O)OC)CC4)C3)c(F)c2)C1. The lowest BCUT2D eigenvalue weighted by Gasteiger charge is -2.54. The Morgan fingerprint density at radius 2 is 1.71 bits per heavy atom. The average molecular weight is 800 g/mol. The van der Waals surface area contributed by atoms with Crippen LogP contribution in [-0.4, -0.2) is 125 Å². The third-order valence-corrected chi connectivity index (χ3v) is 15.5. The van der Waals surface area contributed by atoms with E-state index < -0.39 is 38.1 Å². The minimum absolute atomic E-state index is 0.0116. The molecule has 0 bridgehead atoms. The van der Waals surface area contributed by atoms with E-state index in [0.29, 0.717) is 38.9 Å². The zero-order valence-electron chi connectivity index (χ0n) is 32.4. The van der Waals surface area contributed by atoms with E-state index in [1.54, 1.807) is 17.0 Å². The number of hydrogen-bond acceptors (Lipinski definition) is 8. The molecule has 306 valence electrons. The fraction of sp³-hybridized carbons (Fsp3) is 0.619. The fourth-order valence-corrected chi connectivity index (χ4v) is 12.2. The molecule has 4 heterocycles. The lowest BCUT2D eigenvalue weighted by molar-refractivity contribution is -0.125.